The van der Waals surface area contributed by atoms with Crippen LogP contribution in [0, 0.1) is 10.1 Å². The van der Waals surface area contributed by atoms with Crippen LogP contribution in [-0.2, 0) is 6.54 Å². The van der Waals surface area contributed by atoms with E-state index in [1.54, 1.807) is 16.8 Å². The molecule has 8 heteroatoms. The molecule has 0 saturated heterocycles. The Bertz CT molecular complexity index is 713. The zero-order valence-electron chi connectivity index (χ0n) is 11.0. The summed E-state index contributed by atoms with van der Waals surface area (Å²) < 4.78 is 3.16. The van der Waals surface area contributed by atoms with E-state index in [0.717, 1.165) is 4.47 Å². The molecule has 0 aliphatic carbocycles. The van der Waals surface area contributed by atoms with E-state index in [4.69, 9.17) is 0 Å². The first kappa shape index (κ1) is 15.7. The molecule has 1 aromatic carbocycles. The molecule has 21 heavy (non-hydrogen) atoms. The van der Waals surface area contributed by atoms with Crippen molar-refractivity contribution in [3.63, 3.8) is 0 Å². The zero-order chi connectivity index (χ0) is 15.6. The molecule has 2 aromatic rings. The number of anilines is 1. The fraction of sp³-hybridized carbons (Fsp3) is 0.154. The quantitative estimate of drug-likeness (QED) is 0.599. The Balaban J connectivity index is 2.31. The number of aromatic nitrogens is 1. The number of carbonyl (C=O) groups excluding carboxylic acids is 1. The van der Waals surface area contributed by atoms with Crippen LogP contribution >= 0.6 is 31.9 Å². The molecular formula is C13H11Br2N3O3. The average molecular weight is 417 g/mol. The van der Waals surface area contributed by atoms with Gasteiger partial charge in [0.05, 0.1) is 10.6 Å². The summed E-state index contributed by atoms with van der Waals surface area (Å²) in [6.45, 7) is 2.57. The lowest BCUT2D eigenvalue weighted by molar-refractivity contribution is -0.384. The molecule has 1 N–H and O–H groups in total. The van der Waals surface area contributed by atoms with Gasteiger partial charge in [0.15, 0.2) is 0 Å². The first-order valence-electron chi connectivity index (χ1n) is 6.03. The van der Waals surface area contributed by atoms with Crippen LogP contribution in [0.4, 0.5) is 11.4 Å². The van der Waals surface area contributed by atoms with Crippen LogP contribution in [0.3, 0.4) is 0 Å². The maximum absolute atomic E-state index is 12.3. The van der Waals surface area contributed by atoms with Crippen molar-refractivity contribution in [1.82, 2.24) is 4.57 Å². The Morgan fingerprint density at radius 1 is 1.38 bits per heavy atom. The van der Waals surface area contributed by atoms with Gasteiger partial charge in [-0.3, -0.25) is 14.9 Å². The van der Waals surface area contributed by atoms with Crippen LogP contribution in [0.1, 0.15) is 17.4 Å². The standard InChI is InChI=1S/C13H11Br2N3O3/c1-2-17-7-8(14)5-12(17)13(19)16-11-6-9(18(20)21)3-4-10(11)15/h3-7H,2H2,1H3,(H,16,19). The van der Waals surface area contributed by atoms with E-state index in [9.17, 15) is 14.9 Å². The van der Waals surface area contributed by atoms with Crippen molar-refractivity contribution in [2.75, 3.05) is 5.32 Å². The van der Waals surface area contributed by atoms with E-state index in [-0.39, 0.29) is 11.6 Å². The first-order chi connectivity index (χ1) is 9.92. The van der Waals surface area contributed by atoms with Gasteiger partial charge in [0.1, 0.15) is 5.69 Å². The summed E-state index contributed by atoms with van der Waals surface area (Å²) in [5.41, 5.74) is 0.748. The van der Waals surface area contributed by atoms with Crippen LogP contribution in [0.5, 0.6) is 0 Å². The SMILES string of the molecule is CCn1cc(Br)cc1C(=O)Nc1cc([N+](=O)[O-])ccc1Br. The lowest BCUT2D eigenvalue weighted by Gasteiger charge is -2.09. The minimum absolute atomic E-state index is 0.0828. The number of nitro benzene ring substituents is 1. The molecule has 1 amide bonds. The van der Waals surface area contributed by atoms with Gasteiger partial charge in [-0.2, -0.15) is 0 Å². The van der Waals surface area contributed by atoms with Gasteiger partial charge >= 0.3 is 0 Å². The highest BCUT2D eigenvalue weighted by Gasteiger charge is 2.16. The molecule has 110 valence electrons. The number of hydrogen-bond donors (Lipinski definition) is 1. The maximum Gasteiger partial charge on any atom is 0.272 e. The van der Waals surface area contributed by atoms with Gasteiger partial charge in [-0.15, -0.1) is 0 Å². The third kappa shape index (κ3) is 3.51. The topological polar surface area (TPSA) is 77.2 Å². The summed E-state index contributed by atoms with van der Waals surface area (Å²) in [6, 6.07) is 5.91. The minimum Gasteiger partial charge on any atom is -0.343 e. The number of benzene rings is 1. The molecule has 0 atom stereocenters. The average Bonchev–Trinajstić information content (AvgIpc) is 2.82. The van der Waals surface area contributed by atoms with Crippen molar-refractivity contribution in [3.8, 4) is 0 Å². The van der Waals surface area contributed by atoms with Crippen molar-refractivity contribution < 1.29 is 9.72 Å². The summed E-state index contributed by atoms with van der Waals surface area (Å²) in [6.07, 6.45) is 1.80. The molecule has 6 nitrogen and oxygen atoms in total. The molecule has 0 fully saturated rings. The normalized spacial score (nSPS) is 10.4. The van der Waals surface area contributed by atoms with Gasteiger partial charge in [-0.25, -0.2) is 0 Å². The molecule has 2 rings (SSSR count). The second-order valence-corrected chi connectivity index (χ2v) is 5.97. The monoisotopic (exact) mass is 415 g/mol. The third-order valence-electron chi connectivity index (χ3n) is 2.85. The molecule has 0 bridgehead atoms. The molecule has 0 aliphatic heterocycles. The molecule has 0 radical (unpaired) electrons. The van der Waals surface area contributed by atoms with Gasteiger partial charge in [0, 0.05) is 33.8 Å². The van der Waals surface area contributed by atoms with E-state index >= 15 is 0 Å². The number of halogens is 2. The van der Waals surface area contributed by atoms with Crippen molar-refractivity contribution in [2.45, 2.75) is 13.5 Å². The Kier molecular flexibility index (Phi) is 4.79. The van der Waals surface area contributed by atoms with E-state index in [2.05, 4.69) is 37.2 Å². The van der Waals surface area contributed by atoms with E-state index in [1.807, 2.05) is 6.92 Å². The summed E-state index contributed by atoms with van der Waals surface area (Å²) in [7, 11) is 0. The van der Waals surface area contributed by atoms with E-state index in [1.165, 1.54) is 18.2 Å². The lowest BCUT2D eigenvalue weighted by Crippen LogP contribution is -2.16. The second-order valence-electron chi connectivity index (χ2n) is 4.20. The van der Waals surface area contributed by atoms with Gasteiger partial charge in [-0.1, -0.05) is 0 Å². The minimum atomic E-state index is -0.507. The van der Waals surface area contributed by atoms with Crippen molar-refractivity contribution >= 4 is 49.1 Å². The highest BCUT2D eigenvalue weighted by atomic mass is 79.9. The number of nitrogens with one attached hydrogen (secondary N) is 1. The zero-order valence-corrected chi connectivity index (χ0v) is 14.1. The summed E-state index contributed by atoms with van der Waals surface area (Å²) in [4.78, 5) is 22.6. The number of non-ortho nitro benzene ring substituents is 1. The molecule has 0 saturated carbocycles. The molecule has 0 aliphatic rings. The number of hydrogen-bond acceptors (Lipinski definition) is 3. The summed E-state index contributed by atoms with van der Waals surface area (Å²) in [5, 5.41) is 13.5. The van der Waals surface area contributed by atoms with Crippen molar-refractivity contribution in [1.29, 1.82) is 0 Å². The number of aryl methyl sites for hydroxylation is 1. The van der Waals surface area contributed by atoms with Crippen molar-refractivity contribution in [2.24, 2.45) is 0 Å². The highest BCUT2D eigenvalue weighted by Crippen LogP contribution is 2.28. The van der Waals surface area contributed by atoms with Crippen LogP contribution in [0.2, 0.25) is 0 Å². The number of rotatable bonds is 4. The fourth-order valence-corrected chi connectivity index (χ4v) is 2.65. The highest BCUT2D eigenvalue weighted by molar-refractivity contribution is 9.10. The molecule has 0 unspecified atom stereocenters. The van der Waals surface area contributed by atoms with Gasteiger partial charge in [0.25, 0.3) is 11.6 Å². The van der Waals surface area contributed by atoms with Crippen LogP contribution in [-0.4, -0.2) is 15.4 Å². The van der Waals surface area contributed by atoms with Gasteiger partial charge in [0.2, 0.25) is 0 Å². The fourth-order valence-electron chi connectivity index (χ4n) is 1.84. The molecular weight excluding hydrogens is 406 g/mol. The Morgan fingerprint density at radius 3 is 2.71 bits per heavy atom. The van der Waals surface area contributed by atoms with Crippen LogP contribution in [0.15, 0.2) is 39.4 Å². The van der Waals surface area contributed by atoms with Gasteiger partial charge in [-0.05, 0) is 50.9 Å². The number of carbonyl (C=O) groups is 1. The number of amides is 1. The lowest BCUT2D eigenvalue weighted by atomic mass is 10.2. The van der Waals surface area contributed by atoms with E-state index in [0.29, 0.717) is 22.4 Å². The number of nitrogens with zero attached hydrogens (tertiary/aromatic N) is 2. The summed E-state index contributed by atoms with van der Waals surface area (Å²) in [5.74, 6) is -0.330. The van der Waals surface area contributed by atoms with Crippen LogP contribution in [0.25, 0.3) is 0 Å². The van der Waals surface area contributed by atoms with E-state index < -0.39 is 4.92 Å². The Labute approximate surface area is 137 Å². The second kappa shape index (κ2) is 6.40. The van der Waals surface area contributed by atoms with Crippen LogP contribution < -0.4 is 5.32 Å². The molecule has 1 aromatic heterocycles. The first-order valence-corrected chi connectivity index (χ1v) is 7.62. The predicted octanol–water partition coefficient (Wildman–Crippen LogP) is 4.19. The molecule has 1 heterocycles. The smallest absolute Gasteiger partial charge is 0.272 e. The summed E-state index contributed by atoms with van der Waals surface area (Å²) >= 11 is 6.59. The molecule has 0 spiro atoms. The predicted molar refractivity (Wildman–Crippen MR) is 86.6 cm³/mol. The Morgan fingerprint density at radius 2 is 2.10 bits per heavy atom. The van der Waals surface area contributed by atoms with Gasteiger partial charge < -0.3 is 9.88 Å². The largest absolute Gasteiger partial charge is 0.343 e. The van der Waals surface area contributed by atoms with Crippen molar-refractivity contribution in [3.05, 3.63) is 55.2 Å². The third-order valence-corrected chi connectivity index (χ3v) is 3.97. The number of nitro groups is 1. The Hall–Kier alpha value is -1.67. The maximum atomic E-state index is 12.3.